The predicted octanol–water partition coefficient (Wildman–Crippen LogP) is 2.31. The first-order chi connectivity index (χ1) is 11.3. The lowest BCUT2D eigenvalue weighted by Crippen LogP contribution is -2.33. The van der Waals surface area contributed by atoms with Crippen LogP contribution in [0.25, 0.3) is 0 Å². The van der Waals surface area contributed by atoms with Gasteiger partial charge in [0.25, 0.3) is 0 Å². The third-order valence-corrected chi connectivity index (χ3v) is 4.10. The van der Waals surface area contributed by atoms with Gasteiger partial charge in [-0.25, -0.2) is 0 Å². The van der Waals surface area contributed by atoms with Crippen LogP contribution in [0.1, 0.15) is 29.3 Å². The number of nitrogens with zero attached hydrogens (tertiary/aromatic N) is 2. The van der Waals surface area contributed by atoms with Crippen molar-refractivity contribution in [3.05, 3.63) is 53.3 Å². The van der Waals surface area contributed by atoms with Gasteiger partial charge < -0.3 is 10.0 Å². The highest BCUT2D eigenvalue weighted by molar-refractivity contribution is 5.79. The Kier molecular flexibility index (Phi) is 4.31. The highest BCUT2D eigenvalue weighted by Crippen LogP contribution is 2.36. The second-order valence-electron chi connectivity index (χ2n) is 5.83. The number of hydrogen-bond acceptors (Lipinski definition) is 3. The minimum absolute atomic E-state index is 0.0577. The van der Waals surface area contributed by atoms with Gasteiger partial charge in [0.15, 0.2) is 0 Å². The van der Waals surface area contributed by atoms with Crippen LogP contribution in [-0.4, -0.2) is 38.8 Å². The molecule has 3 rings (SSSR count). The summed E-state index contributed by atoms with van der Waals surface area (Å²) in [7, 11) is 0. The summed E-state index contributed by atoms with van der Waals surface area (Å²) < 4.78 is 38.7. The van der Waals surface area contributed by atoms with E-state index in [2.05, 4.69) is 10.2 Å². The SMILES string of the molecule is O=C(Cc1ccn[nH]1)N1CC(O)CC1c1cccc(C(F)(F)F)c1. The van der Waals surface area contributed by atoms with Crippen molar-refractivity contribution in [3.8, 4) is 0 Å². The van der Waals surface area contributed by atoms with E-state index in [1.807, 2.05) is 0 Å². The standard InChI is InChI=1S/C16H16F3N3O2/c17-16(18,19)11-3-1-2-10(6-11)14-8-13(23)9-22(14)15(24)7-12-4-5-20-21-12/h1-6,13-14,23H,7-9H2,(H,20,21). The minimum Gasteiger partial charge on any atom is -0.391 e. The molecule has 5 nitrogen and oxygen atoms in total. The van der Waals surface area contributed by atoms with Gasteiger partial charge in [-0.1, -0.05) is 12.1 Å². The fraction of sp³-hybridized carbons (Fsp3) is 0.375. The number of carbonyl (C=O) groups excluding carboxylic acids is 1. The summed E-state index contributed by atoms with van der Waals surface area (Å²) in [6.07, 6.45) is -3.41. The van der Waals surface area contributed by atoms with Crippen LogP contribution in [0, 0.1) is 0 Å². The van der Waals surface area contributed by atoms with Crippen LogP contribution >= 0.6 is 0 Å². The lowest BCUT2D eigenvalue weighted by atomic mass is 10.0. The summed E-state index contributed by atoms with van der Waals surface area (Å²) in [6.45, 7) is 0.105. The molecule has 1 amide bonds. The van der Waals surface area contributed by atoms with Crippen LogP contribution in [0.3, 0.4) is 0 Å². The number of aromatic amines is 1. The van der Waals surface area contributed by atoms with Crippen molar-refractivity contribution in [2.45, 2.75) is 31.2 Å². The Hall–Kier alpha value is -2.35. The molecule has 8 heteroatoms. The fourth-order valence-corrected chi connectivity index (χ4v) is 2.98. The molecule has 1 aromatic carbocycles. The average Bonchev–Trinajstić information content (AvgIpc) is 3.16. The molecular formula is C16H16F3N3O2. The quantitative estimate of drug-likeness (QED) is 0.902. The Morgan fingerprint density at radius 3 is 2.83 bits per heavy atom. The molecule has 2 aromatic rings. The van der Waals surface area contributed by atoms with Crippen molar-refractivity contribution in [1.29, 1.82) is 0 Å². The summed E-state index contributed by atoms with van der Waals surface area (Å²) in [4.78, 5) is 13.9. The van der Waals surface area contributed by atoms with Gasteiger partial charge in [0.05, 0.1) is 24.1 Å². The molecule has 1 aliphatic heterocycles. The van der Waals surface area contributed by atoms with Gasteiger partial charge in [-0.05, 0) is 30.2 Å². The number of amides is 1. The summed E-state index contributed by atoms with van der Waals surface area (Å²) >= 11 is 0. The van der Waals surface area contributed by atoms with E-state index in [-0.39, 0.29) is 25.3 Å². The maximum absolute atomic E-state index is 12.9. The number of H-pyrrole nitrogens is 1. The van der Waals surface area contributed by atoms with E-state index >= 15 is 0 Å². The van der Waals surface area contributed by atoms with Crippen molar-refractivity contribution in [3.63, 3.8) is 0 Å². The van der Waals surface area contributed by atoms with E-state index in [0.717, 1.165) is 12.1 Å². The molecule has 2 heterocycles. The van der Waals surface area contributed by atoms with E-state index in [1.54, 1.807) is 12.1 Å². The van der Waals surface area contributed by atoms with Gasteiger partial charge in [-0.3, -0.25) is 9.89 Å². The highest BCUT2D eigenvalue weighted by atomic mass is 19.4. The average molecular weight is 339 g/mol. The summed E-state index contributed by atoms with van der Waals surface area (Å²) in [5.74, 6) is -0.266. The Morgan fingerprint density at radius 2 is 2.17 bits per heavy atom. The van der Waals surface area contributed by atoms with Crippen LogP contribution < -0.4 is 0 Å². The van der Waals surface area contributed by atoms with Crippen LogP contribution in [-0.2, 0) is 17.4 Å². The van der Waals surface area contributed by atoms with Crippen molar-refractivity contribution in [2.24, 2.45) is 0 Å². The highest BCUT2D eigenvalue weighted by Gasteiger charge is 2.37. The summed E-state index contributed by atoms with van der Waals surface area (Å²) in [5, 5.41) is 16.3. The second kappa shape index (κ2) is 6.27. The van der Waals surface area contributed by atoms with Crippen LogP contribution in [0.2, 0.25) is 0 Å². The summed E-state index contributed by atoms with van der Waals surface area (Å²) in [6, 6.07) is 5.99. The van der Waals surface area contributed by atoms with Gasteiger partial charge in [-0.15, -0.1) is 0 Å². The number of halogens is 3. The number of alkyl halides is 3. The molecule has 1 fully saturated rings. The van der Waals surface area contributed by atoms with Gasteiger partial charge in [0.2, 0.25) is 5.91 Å². The maximum atomic E-state index is 12.9. The molecule has 1 aromatic heterocycles. The van der Waals surface area contributed by atoms with Crippen molar-refractivity contribution in [2.75, 3.05) is 6.54 Å². The number of rotatable bonds is 3. The van der Waals surface area contributed by atoms with E-state index < -0.39 is 23.9 Å². The predicted molar refractivity (Wildman–Crippen MR) is 78.8 cm³/mol. The third kappa shape index (κ3) is 3.43. The van der Waals surface area contributed by atoms with Crippen molar-refractivity contribution in [1.82, 2.24) is 15.1 Å². The van der Waals surface area contributed by atoms with E-state index in [0.29, 0.717) is 11.3 Å². The zero-order valence-electron chi connectivity index (χ0n) is 12.6. The number of likely N-dealkylation sites (tertiary alicyclic amines) is 1. The van der Waals surface area contributed by atoms with E-state index in [4.69, 9.17) is 0 Å². The largest absolute Gasteiger partial charge is 0.416 e. The molecule has 24 heavy (non-hydrogen) atoms. The van der Waals surface area contributed by atoms with Crippen LogP contribution in [0.15, 0.2) is 36.5 Å². The molecule has 0 saturated carbocycles. The molecule has 0 aliphatic carbocycles. The molecule has 2 atom stereocenters. The molecule has 2 unspecified atom stereocenters. The number of carbonyl (C=O) groups is 1. The fourth-order valence-electron chi connectivity index (χ4n) is 2.98. The number of aromatic nitrogens is 2. The van der Waals surface area contributed by atoms with Gasteiger partial charge in [0.1, 0.15) is 0 Å². The Labute approximate surface area is 136 Å². The van der Waals surface area contributed by atoms with E-state index in [1.165, 1.54) is 17.2 Å². The molecule has 0 spiro atoms. The first-order valence-electron chi connectivity index (χ1n) is 7.47. The summed E-state index contributed by atoms with van der Waals surface area (Å²) in [5.41, 5.74) is 0.228. The number of β-amino-alcohol motifs (C(OH)–C–C–N with tert-alkyl or cyclic N) is 1. The molecule has 0 radical (unpaired) electrons. The molecular weight excluding hydrogens is 323 g/mol. The van der Waals surface area contributed by atoms with E-state index in [9.17, 15) is 23.1 Å². The van der Waals surface area contributed by atoms with Crippen LogP contribution in [0.4, 0.5) is 13.2 Å². The van der Waals surface area contributed by atoms with Gasteiger partial charge in [-0.2, -0.15) is 18.3 Å². The number of benzene rings is 1. The first-order valence-corrected chi connectivity index (χ1v) is 7.47. The lowest BCUT2D eigenvalue weighted by Gasteiger charge is -2.25. The number of nitrogens with one attached hydrogen (secondary N) is 1. The topological polar surface area (TPSA) is 69.2 Å². The zero-order chi connectivity index (χ0) is 17.3. The molecule has 1 aliphatic rings. The molecule has 0 bridgehead atoms. The maximum Gasteiger partial charge on any atom is 0.416 e. The molecule has 1 saturated heterocycles. The second-order valence-corrected chi connectivity index (χ2v) is 5.83. The van der Waals surface area contributed by atoms with Gasteiger partial charge in [0, 0.05) is 18.4 Å². The van der Waals surface area contributed by atoms with Crippen molar-refractivity contribution < 1.29 is 23.1 Å². The smallest absolute Gasteiger partial charge is 0.391 e. The third-order valence-electron chi connectivity index (χ3n) is 4.10. The zero-order valence-corrected chi connectivity index (χ0v) is 12.6. The number of aliphatic hydroxyl groups excluding tert-OH is 1. The number of aliphatic hydroxyl groups is 1. The Morgan fingerprint density at radius 1 is 1.38 bits per heavy atom. The minimum atomic E-state index is -4.45. The van der Waals surface area contributed by atoms with Crippen LogP contribution in [0.5, 0.6) is 0 Å². The Balaban J connectivity index is 1.84. The van der Waals surface area contributed by atoms with Crippen molar-refractivity contribution >= 4 is 5.91 Å². The molecule has 128 valence electrons. The molecule has 2 N–H and O–H groups in total. The van der Waals surface area contributed by atoms with Gasteiger partial charge >= 0.3 is 6.18 Å². The Bertz CT molecular complexity index is 716. The first kappa shape index (κ1) is 16.5. The number of hydrogen-bond donors (Lipinski definition) is 2. The normalized spacial score (nSPS) is 21.2. The lowest BCUT2D eigenvalue weighted by molar-refractivity contribution is -0.137. The monoisotopic (exact) mass is 339 g/mol.